The summed E-state index contributed by atoms with van der Waals surface area (Å²) in [4.78, 5) is 4.95. The van der Waals surface area contributed by atoms with Crippen molar-refractivity contribution >= 4 is 71.1 Å². The van der Waals surface area contributed by atoms with Gasteiger partial charge in [-0.1, -0.05) is 157 Å². The smallest absolute Gasteiger partial charge is 0.132 e. The minimum atomic E-state index is -0.544. The van der Waals surface area contributed by atoms with Crippen LogP contribution in [0.25, 0.3) is 42.1 Å². The molecule has 2 aliphatic heterocycles. The zero-order valence-electron chi connectivity index (χ0n) is 30.7. The topological polar surface area (TPSA) is 12.5 Å². The molecule has 12 rings (SSSR count). The molecule has 1 spiro atoms. The summed E-state index contributed by atoms with van der Waals surface area (Å²) >= 11 is 3.73. The summed E-state index contributed by atoms with van der Waals surface area (Å²) < 4.78 is 9.20. The molecule has 3 heterocycles. The van der Waals surface area contributed by atoms with Crippen molar-refractivity contribution in [3.05, 3.63) is 222 Å². The Morgan fingerprint density at radius 3 is 1.88 bits per heavy atom. The van der Waals surface area contributed by atoms with Crippen LogP contribution in [-0.2, 0) is 5.41 Å². The zero-order chi connectivity index (χ0) is 37.5. The summed E-state index contributed by atoms with van der Waals surface area (Å²) in [6.45, 7) is 0. The maximum atomic E-state index is 6.63. The second-order valence-electron chi connectivity index (χ2n) is 14.8. The molecule has 0 atom stereocenters. The summed E-state index contributed by atoms with van der Waals surface area (Å²) in [7, 11) is 0. The molecule has 268 valence electrons. The molecule has 1 aromatic heterocycles. The van der Waals surface area contributed by atoms with Crippen molar-refractivity contribution in [3.63, 3.8) is 0 Å². The summed E-state index contributed by atoms with van der Waals surface area (Å²) in [6.07, 6.45) is 0. The lowest BCUT2D eigenvalue weighted by Gasteiger charge is -2.45. The maximum absolute atomic E-state index is 6.63. The van der Waals surface area contributed by atoms with Crippen LogP contribution in [-0.4, -0.2) is 0 Å². The molecular formula is C53H33NOS2. The number of anilines is 3. The zero-order valence-corrected chi connectivity index (χ0v) is 32.4. The minimum Gasteiger partial charge on any atom is -0.457 e. The third kappa shape index (κ3) is 4.84. The van der Waals surface area contributed by atoms with Gasteiger partial charge in [0.1, 0.15) is 11.5 Å². The predicted octanol–water partition coefficient (Wildman–Crippen LogP) is 15.3. The molecule has 0 amide bonds. The van der Waals surface area contributed by atoms with E-state index in [9.17, 15) is 0 Å². The number of thiophene rings is 1. The fourth-order valence-corrected chi connectivity index (χ4v) is 11.8. The summed E-state index contributed by atoms with van der Waals surface area (Å²) in [6, 6.07) is 73.1. The molecule has 0 radical (unpaired) electrons. The van der Waals surface area contributed by atoms with Crippen molar-refractivity contribution in [1.29, 1.82) is 0 Å². The molecule has 2 aliphatic rings. The molecule has 0 saturated carbocycles. The van der Waals surface area contributed by atoms with Crippen LogP contribution in [0.4, 0.5) is 17.1 Å². The van der Waals surface area contributed by atoms with Crippen LogP contribution in [0.2, 0.25) is 0 Å². The van der Waals surface area contributed by atoms with E-state index >= 15 is 0 Å². The Kier molecular flexibility index (Phi) is 7.28. The average Bonchev–Trinajstić information content (AvgIpc) is 3.66. The molecule has 0 unspecified atom stereocenters. The molecule has 2 nitrogen and oxygen atoms in total. The molecule has 0 fully saturated rings. The SMILES string of the molecule is c1ccc2c(c1)Oc1ccccc1C21c2ccccc2Sc2cc(N(c3ccc(-c4cccc5ccccc45)cc3)c3cccc4c3sc3ccccc34)ccc21. The van der Waals surface area contributed by atoms with E-state index in [4.69, 9.17) is 4.74 Å². The van der Waals surface area contributed by atoms with Gasteiger partial charge in [0, 0.05) is 47.8 Å². The van der Waals surface area contributed by atoms with Crippen molar-refractivity contribution in [2.45, 2.75) is 15.2 Å². The Morgan fingerprint density at radius 2 is 1.05 bits per heavy atom. The van der Waals surface area contributed by atoms with E-state index in [0.717, 1.165) is 22.9 Å². The number of ether oxygens (including phenoxy) is 1. The van der Waals surface area contributed by atoms with Crippen LogP contribution >= 0.6 is 23.1 Å². The highest BCUT2D eigenvalue weighted by atomic mass is 32.2. The monoisotopic (exact) mass is 763 g/mol. The van der Waals surface area contributed by atoms with Gasteiger partial charge in [-0.05, 0) is 87.6 Å². The van der Waals surface area contributed by atoms with Crippen molar-refractivity contribution in [3.8, 4) is 22.6 Å². The highest BCUT2D eigenvalue weighted by molar-refractivity contribution is 7.99. The molecule has 10 aromatic rings. The van der Waals surface area contributed by atoms with Gasteiger partial charge in [-0.15, -0.1) is 11.3 Å². The summed E-state index contributed by atoms with van der Waals surface area (Å²) in [5.41, 5.74) is 10.2. The molecule has 4 heteroatoms. The van der Waals surface area contributed by atoms with E-state index in [1.54, 1.807) is 0 Å². The Balaban J connectivity index is 1.09. The van der Waals surface area contributed by atoms with Crippen LogP contribution in [0.3, 0.4) is 0 Å². The third-order valence-electron chi connectivity index (χ3n) is 11.8. The van der Waals surface area contributed by atoms with Crippen LogP contribution < -0.4 is 9.64 Å². The van der Waals surface area contributed by atoms with E-state index < -0.39 is 5.41 Å². The molecular weight excluding hydrogens is 731 g/mol. The molecule has 9 aromatic carbocycles. The van der Waals surface area contributed by atoms with Gasteiger partial charge in [0.15, 0.2) is 0 Å². The normalized spacial score (nSPS) is 13.5. The number of para-hydroxylation sites is 2. The predicted molar refractivity (Wildman–Crippen MR) is 239 cm³/mol. The van der Waals surface area contributed by atoms with Gasteiger partial charge in [0.2, 0.25) is 0 Å². The standard InChI is InChI=1S/C53H33NOS2/c1-2-15-38-34(13-1)14-11-17-39(38)35-27-29-36(30-28-35)54(46-22-12-18-41-40-16-3-9-25-49(40)57-52(41)46)37-31-32-45-51(33-37)56-50-26-10-6-21-44(50)53(45)42-19-4-7-23-47(42)55-48-24-8-5-20-43(48)53/h1-33H. The number of nitrogens with zero attached hydrogens (tertiary/aromatic N) is 1. The number of rotatable bonds is 4. The van der Waals surface area contributed by atoms with Crippen LogP contribution in [0, 0.1) is 0 Å². The van der Waals surface area contributed by atoms with Crippen molar-refractivity contribution < 1.29 is 4.74 Å². The minimum absolute atomic E-state index is 0.544. The van der Waals surface area contributed by atoms with E-state index in [-0.39, 0.29) is 0 Å². The lowest BCUT2D eigenvalue weighted by molar-refractivity contribution is 0.431. The number of benzene rings is 9. The van der Waals surface area contributed by atoms with E-state index in [2.05, 4.69) is 205 Å². The first-order valence-electron chi connectivity index (χ1n) is 19.3. The van der Waals surface area contributed by atoms with Crippen LogP contribution in [0.1, 0.15) is 22.3 Å². The number of hydrogen-bond acceptors (Lipinski definition) is 4. The first-order valence-corrected chi connectivity index (χ1v) is 21.0. The molecule has 0 aliphatic carbocycles. The van der Waals surface area contributed by atoms with E-state index in [0.29, 0.717) is 0 Å². The highest BCUT2D eigenvalue weighted by Crippen LogP contribution is 2.62. The lowest BCUT2D eigenvalue weighted by Crippen LogP contribution is -2.36. The first kappa shape index (κ1) is 32.6. The Bertz CT molecular complexity index is 3150. The quantitative estimate of drug-likeness (QED) is 0.177. The average molecular weight is 764 g/mol. The number of hydrogen-bond donors (Lipinski definition) is 0. The lowest BCUT2D eigenvalue weighted by atomic mass is 9.63. The van der Waals surface area contributed by atoms with Crippen molar-refractivity contribution in [1.82, 2.24) is 0 Å². The van der Waals surface area contributed by atoms with E-state index in [1.165, 1.54) is 79.8 Å². The molecule has 57 heavy (non-hydrogen) atoms. The molecule has 0 saturated heterocycles. The molecule has 0 bridgehead atoms. The van der Waals surface area contributed by atoms with E-state index in [1.807, 2.05) is 23.1 Å². The largest absolute Gasteiger partial charge is 0.457 e. The third-order valence-corrected chi connectivity index (χ3v) is 14.1. The van der Waals surface area contributed by atoms with Gasteiger partial charge in [0.05, 0.1) is 15.8 Å². The van der Waals surface area contributed by atoms with Crippen LogP contribution in [0.15, 0.2) is 210 Å². The Morgan fingerprint density at radius 1 is 0.439 bits per heavy atom. The van der Waals surface area contributed by atoms with Crippen molar-refractivity contribution in [2.75, 3.05) is 4.90 Å². The van der Waals surface area contributed by atoms with Gasteiger partial charge >= 0.3 is 0 Å². The molecule has 0 N–H and O–H groups in total. The van der Waals surface area contributed by atoms with Gasteiger partial charge in [0.25, 0.3) is 0 Å². The fraction of sp³-hybridized carbons (Fsp3) is 0.0189. The van der Waals surface area contributed by atoms with Gasteiger partial charge in [-0.2, -0.15) is 0 Å². The number of fused-ring (bicyclic) bond motifs is 12. The van der Waals surface area contributed by atoms with Crippen LogP contribution in [0.5, 0.6) is 11.5 Å². The Labute approximate surface area is 339 Å². The highest BCUT2D eigenvalue weighted by Gasteiger charge is 2.49. The van der Waals surface area contributed by atoms with Crippen molar-refractivity contribution in [2.24, 2.45) is 0 Å². The van der Waals surface area contributed by atoms with Gasteiger partial charge < -0.3 is 9.64 Å². The van der Waals surface area contributed by atoms with Gasteiger partial charge in [-0.25, -0.2) is 0 Å². The second kappa shape index (κ2) is 12.7. The van der Waals surface area contributed by atoms with Gasteiger partial charge in [-0.3, -0.25) is 0 Å². The summed E-state index contributed by atoms with van der Waals surface area (Å²) in [5, 5.41) is 5.08. The Hall–Kier alpha value is -6.59. The maximum Gasteiger partial charge on any atom is 0.132 e. The second-order valence-corrected chi connectivity index (χ2v) is 16.9. The summed E-state index contributed by atoms with van der Waals surface area (Å²) in [5.74, 6) is 1.80. The fourth-order valence-electron chi connectivity index (χ4n) is 9.35. The first-order chi connectivity index (χ1) is 28.3.